The topological polar surface area (TPSA) is 181 Å². The molecule has 14 nitrogen and oxygen atoms in total. The van der Waals surface area contributed by atoms with Crippen LogP contribution in [0.1, 0.15) is 81.0 Å². The van der Waals surface area contributed by atoms with Gasteiger partial charge < -0.3 is 44.5 Å². The predicted molar refractivity (Wildman–Crippen MR) is 246 cm³/mol. The van der Waals surface area contributed by atoms with Gasteiger partial charge in [-0.3, -0.25) is 10.1 Å². The molecule has 2 aliphatic carbocycles. The highest BCUT2D eigenvalue weighted by atomic mass is 16.7. The number of nitro groups is 1. The summed E-state index contributed by atoms with van der Waals surface area (Å²) in [6.45, 7) is 11.2. The lowest BCUT2D eigenvalue weighted by atomic mass is 9.55. The lowest BCUT2D eigenvalue weighted by molar-refractivity contribution is -0.384. The van der Waals surface area contributed by atoms with Crippen molar-refractivity contribution in [1.29, 1.82) is 0 Å². The number of urea groups is 1. The van der Waals surface area contributed by atoms with Crippen molar-refractivity contribution in [2.45, 2.75) is 89.2 Å². The number of hydrogen-bond donors (Lipinski definition) is 4. The fourth-order valence-electron chi connectivity index (χ4n) is 9.93. The molecule has 14 heteroatoms. The summed E-state index contributed by atoms with van der Waals surface area (Å²) in [7, 11) is 0. The lowest BCUT2D eigenvalue weighted by Crippen LogP contribution is -2.70. The van der Waals surface area contributed by atoms with Crippen LogP contribution in [-0.4, -0.2) is 81.6 Å². The van der Waals surface area contributed by atoms with Gasteiger partial charge >= 0.3 is 6.03 Å². The molecule has 0 unspecified atom stereocenters. The first-order valence-electron chi connectivity index (χ1n) is 22.5. The minimum atomic E-state index is -1.42. The number of nitrogens with zero attached hydrogens (tertiary/aromatic N) is 3. The van der Waals surface area contributed by atoms with Crippen LogP contribution in [0.3, 0.4) is 0 Å². The van der Waals surface area contributed by atoms with E-state index in [1.807, 2.05) is 54.3 Å². The van der Waals surface area contributed by atoms with E-state index < -0.39 is 22.7 Å². The molecule has 1 aromatic heterocycles. The second-order valence-corrected chi connectivity index (χ2v) is 16.8. The predicted octanol–water partition coefficient (Wildman–Crippen LogP) is 9.10. The van der Waals surface area contributed by atoms with Crippen LogP contribution in [0.15, 0.2) is 115 Å². The first-order chi connectivity index (χ1) is 31.2. The zero-order chi connectivity index (χ0) is 45.1. The van der Waals surface area contributed by atoms with Crippen LogP contribution in [0.2, 0.25) is 0 Å². The number of amides is 2. The molecular weight excluding hydrogens is 815 g/mol. The average molecular weight is 876 g/mol. The number of fused-ring (bicyclic) bond motifs is 3. The Morgan fingerprint density at radius 3 is 2.52 bits per heavy atom. The second kappa shape index (κ2) is 21.6. The monoisotopic (exact) mass is 875 g/mol. The third-order valence-corrected chi connectivity index (χ3v) is 12.7. The summed E-state index contributed by atoms with van der Waals surface area (Å²) in [6.07, 6.45) is 11.1. The third kappa shape index (κ3) is 10.0. The van der Waals surface area contributed by atoms with Crippen LogP contribution in [0.25, 0.3) is 10.9 Å². The fraction of sp³-hybridized carbons (Fsp3) is 0.440. The summed E-state index contributed by atoms with van der Waals surface area (Å²) in [5.74, 6) is -0.751. The fourth-order valence-corrected chi connectivity index (χ4v) is 9.93. The Bertz CT molecular complexity index is 2270. The number of aliphatic hydroxyl groups is 2. The SMILES string of the molecule is C=CCOc1ccc2c(c1)[C@H]1[C@H](CCCCO)[C@@H](CCCCO)C=C3C(=NOCc4ccc([N+](=O)[O-])cc4)C[C@H](N(CCC)C(=O)NCc4cc5ccccc5[nH]4)[C@@](OCC=C)(O2)[C@H]31. The Balaban J connectivity index is 1.38. The number of allylic oxidation sites excluding steroid dienone is 1. The second-order valence-electron chi connectivity index (χ2n) is 16.8. The Morgan fingerprint density at radius 1 is 1.03 bits per heavy atom. The van der Waals surface area contributed by atoms with Gasteiger partial charge in [-0.2, -0.15) is 0 Å². The van der Waals surface area contributed by atoms with E-state index >= 15 is 0 Å². The molecular formula is C50H61N5O9. The van der Waals surface area contributed by atoms with Crippen molar-refractivity contribution in [3.05, 3.63) is 137 Å². The van der Waals surface area contributed by atoms with Gasteiger partial charge in [0.1, 0.15) is 30.8 Å². The normalized spacial score (nSPS) is 22.7. The maximum atomic E-state index is 14.8. The van der Waals surface area contributed by atoms with Gasteiger partial charge in [0.25, 0.3) is 5.69 Å². The number of nitro benzene ring substituents is 1. The Labute approximate surface area is 374 Å². The van der Waals surface area contributed by atoms with E-state index in [4.69, 9.17) is 24.2 Å². The molecule has 3 aliphatic rings. The Hall–Kier alpha value is -5.96. The molecule has 4 aromatic rings. The summed E-state index contributed by atoms with van der Waals surface area (Å²) >= 11 is 0. The number of nitrogens with one attached hydrogen (secondary N) is 2. The number of H-pyrrole nitrogens is 1. The van der Waals surface area contributed by atoms with Crippen molar-refractivity contribution in [3.63, 3.8) is 0 Å². The Morgan fingerprint density at radius 2 is 1.80 bits per heavy atom. The third-order valence-electron chi connectivity index (χ3n) is 12.7. The highest BCUT2D eigenvalue weighted by Crippen LogP contribution is 2.62. The Kier molecular flexibility index (Phi) is 15.5. The van der Waals surface area contributed by atoms with E-state index in [-0.39, 0.29) is 68.9 Å². The molecule has 2 heterocycles. The molecule has 3 aromatic carbocycles. The summed E-state index contributed by atoms with van der Waals surface area (Å²) in [5.41, 5.74) is 5.04. The first kappa shape index (κ1) is 46.0. The van der Waals surface area contributed by atoms with Crippen molar-refractivity contribution < 1.29 is 39.0 Å². The van der Waals surface area contributed by atoms with E-state index in [9.17, 15) is 25.1 Å². The number of aliphatic hydroxyl groups excluding tert-OH is 2. The highest BCUT2D eigenvalue weighted by Gasteiger charge is 2.65. The molecule has 0 radical (unpaired) electrons. The average Bonchev–Trinajstić information content (AvgIpc) is 3.73. The molecule has 4 N–H and O–H groups in total. The van der Waals surface area contributed by atoms with Crippen LogP contribution < -0.4 is 14.8 Å². The van der Waals surface area contributed by atoms with Gasteiger partial charge in [0.05, 0.1) is 29.7 Å². The molecule has 0 spiro atoms. The smallest absolute Gasteiger partial charge is 0.318 e. The number of non-ortho nitro benzene ring substituents is 1. The van der Waals surface area contributed by atoms with Crippen LogP contribution in [0, 0.1) is 27.9 Å². The van der Waals surface area contributed by atoms with E-state index in [0.29, 0.717) is 55.2 Å². The van der Waals surface area contributed by atoms with Crippen molar-refractivity contribution in [3.8, 4) is 11.5 Å². The van der Waals surface area contributed by atoms with Crippen molar-refractivity contribution in [1.82, 2.24) is 15.2 Å². The zero-order valence-electron chi connectivity index (χ0n) is 36.7. The molecule has 0 bridgehead atoms. The number of benzene rings is 3. The number of aromatic nitrogens is 1. The van der Waals surface area contributed by atoms with E-state index in [2.05, 4.69) is 35.6 Å². The van der Waals surface area contributed by atoms with E-state index in [0.717, 1.165) is 53.4 Å². The number of carbonyl (C=O) groups is 1. The molecule has 340 valence electrons. The molecule has 64 heavy (non-hydrogen) atoms. The van der Waals surface area contributed by atoms with Gasteiger partial charge in [-0.25, -0.2) is 4.79 Å². The van der Waals surface area contributed by atoms with Crippen molar-refractivity contribution in [2.24, 2.45) is 22.9 Å². The molecule has 1 fully saturated rings. The number of rotatable bonds is 23. The lowest BCUT2D eigenvalue weighted by Gasteiger charge is -2.60. The van der Waals surface area contributed by atoms with Crippen molar-refractivity contribution in [2.75, 3.05) is 33.0 Å². The molecule has 1 aliphatic heterocycles. The van der Waals surface area contributed by atoms with Gasteiger partial charge in [0, 0.05) is 61.0 Å². The van der Waals surface area contributed by atoms with Crippen LogP contribution >= 0.6 is 0 Å². The van der Waals surface area contributed by atoms with E-state index in [1.54, 1.807) is 24.3 Å². The summed E-state index contributed by atoms with van der Waals surface area (Å²) < 4.78 is 20.6. The largest absolute Gasteiger partial charge is 0.490 e. The summed E-state index contributed by atoms with van der Waals surface area (Å²) in [5, 5.41) is 40.4. The number of hydrogen-bond acceptors (Lipinski definition) is 10. The van der Waals surface area contributed by atoms with Gasteiger partial charge in [0.15, 0.2) is 0 Å². The molecule has 6 atom stereocenters. The number of ether oxygens (including phenoxy) is 3. The van der Waals surface area contributed by atoms with Gasteiger partial charge in [-0.15, -0.1) is 6.58 Å². The zero-order valence-corrected chi connectivity index (χ0v) is 36.7. The number of unbranched alkanes of at least 4 members (excludes halogenated alkanes) is 2. The van der Waals surface area contributed by atoms with Crippen LogP contribution in [-0.2, 0) is 22.7 Å². The number of para-hydroxylation sites is 1. The number of aromatic amines is 1. The number of oxime groups is 1. The molecule has 7 rings (SSSR count). The molecule has 2 amide bonds. The van der Waals surface area contributed by atoms with Gasteiger partial charge in [-0.05, 0) is 103 Å². The maximum absolute atomic E-state index is 14.8. The standard InChI is InChI=1S/C50H61N5O9/c1-4-23-54(49(58)51-32-37-28-36-14-7-8-16-43(36)52-37)46-31-44(53-63-33-34-17-19-38(20-18-34)55(59)60)41-29-35(13-9-11-24-56)40(15-10-12-25-57)47-42-30-39(61-26-5-2)21-22-45(42)64-50(46,48(41)47)62-27-6-3/h5-8,14,16-22,28-30,35,40,46-48,52,56-57H,2-4,9-13,15,23-27,31-33H2,1H3,(H,51,58)/t35-,40+,46-,47+,48+,50+/m0/s1. The van der Waals surface area contributed by atoms with Crippen LogP contribution in [0.4, 0.5) is 10.5 Å². The maximum Gasteiger partial charge on any atom is 0.318 e. The van der Waals surface area contributed by atoms with Crippen molar-refractivity contribution >= 4 is 28.3 Å². The molecule has 1 saturated carbocycles. The quantitative estimate of drug-likeness (QED) is 0.0245. The highest BCUT2D eigenvalue weighted by molar-refractivity contribution is 6.03. The summed E-state index contributed by atoms with van der Waals surface area (Å²) in [4.78, 5) is 37.2. The van der Waals surface area contributed by atoms with Gasteiger partial charge in [-0.1, -0.05) is 67.9 Å². The van der Waals surface area contributed by atoms with Gasteiger partial charge in [0.2, 0.25) is 5.79 Å². The van der Waals surface area contributed by atoms with E-state index in [1.165, 1.54) is 12.1 Å². The minimum Gasteiger partial charge on any atom is -0.490 e. The molecule has 0 saturated heterocycles. The summed E-state index contributed by atoms with van der Waals surface area (Å²) in [6, 6.07) is 21.1. The minimum absolute atomic E-state index is 0.0188. The number of carbonyl (C=O) groups excluding carboxylic acids is 1. The van der Waals surface area contributed by atoms with Crippen LogP contribution in [0.5, 0.6) is 11.5 Å². The first-order valence-corrected chi connectivity index (χ1v) is 22.5.